The molecule has 0 fully saturated rings. The number of hydrogen-bond acceptors (Lipinski definition) is 5. The van der Waals surface area contributed by atoms with Gasteiger partial charge in [-0.05, 0) is 31.0 Å². The van der Waals surface area contributed by atoms with Gasteiger partial charge in [-0.25, -0.2) is 0 Å². The summed E-state index contributed by atoms with van der Waals surface area (Å²) in [5, 5.41) is 11.0. The molecule has 0 radical (unpaired) electrons. The quantitative estimate of drug-likeness (QED) is 0.486. The molecule has 3 heterocycles. The first kappa shape index (κ1) is 16.8. The number of para-hydroxylation sites is 1. The van der Waals surface area contributed by atoms with Gasteiger partial charge in [-0.15, -0.1) is 0 Å². The van der Waals surface area contributed by atoms with Crippen LogP contribution in [-0.2, 0) is 6.42 Å². The van der Waals surface area contributed by atoms with Crippen LogP contribution in [0.15, 0.2) is 59.5 Å². The summed E-state index contributed by atoms with van der Waals surface area (Å²) in [6.45, 7) is 2.50. The fraction of sp³-hybridized carbons (Fsp3) is 0.150. The molecule has 0 aliphatic carbocycles. The molecule has 7 heteroatoms. The minimum atomic E-state index is -0.281. The Balaban J connectivity index is 1.38. The lowest BCUT2D eigenvalue weighted by Gasteiger charge is -2.07. The Bertz CT molecular complexity index is 1080. The van der Waals surface area contributed by atoms with Crippen molar-refractivity contribution in [3.05, 3.63) is 71.9 Å². The molecular formula is C20H19N5O2. The maximum Gasteiger partial charge on any atom is 0.258 e. The number of amides is 1. The van der Waals surface area contributed by atoms with Gasteiger partial charge >= 0.3 is 0 Å². The number of rotatable bonds is 6. The third kappa shape index (κ3) is 3.82. The van der Waals surface area contributed by atoms with E-state index < -0.39 is 0 Å². The maximum absolute atomic E-state index is 12.3. The van der Waals surface area contributed by atoms with E-state index in [4.69, 9.17) is 4.52 Å². The Labute approximate surface area is 155 Å². The molecule has 0 saturated heterocycles. The fourth-order valence-corrected chi connectivity index (χ4v) is 2.95. The van der Waals surface area contributed by atoms with Crippen molar-refractivity contribution in [2.45, 2.75) is 13.3 Å². The molecule has 27 heavy (non-hydrogen) atoms. The van der Waals surface area contributed by atoms with Gasteiger partial charge in [0.2, 0.25) is 0 Å². The van der Waals surface area contributed by atoms with Gasteiger partial charge in [-0.1, -0.05) is 23.4 Å². The summed E-state index contributed by atoms with van der Waals surface area (Å²) in [5.41, 5.74) is 3.63. The van der Waals surface area contributed by atoms with Crippen molar-refractivity contribution in [3.63, 3.8) is 0 Å². The smallest absolute Gasteiger partial charge is 0.258 e. The third-order valence-electron chi connectivity index (χ3n) is 4.27. The number of benzene rings is 1. The van der Waals surface area contributed by atoms with Crippen LogP contribution in [0.1, 0.15) is 21.7 Å². The lowest BCUT2D eigenvalue weighted by molar-refractivity contribution is 0.102. The molecule has 0 unspecified atom stereocenters. The average molecular weight is 361 g/mol. The summed E-state index contributed by atoms with van der Waals surface area (Å²) in [6.07, 6.45) is 6.12. The molecule has 3 N–H and O–H groups in total. The predicted octanol–water partition coefficient (Wildman–Crippen LogP) is 3.77. The SMILES string of the molecule is Cc1cc(NC(=O)c2cncc(NCCc3c[nH]c4ccccc34)c2)no1. The van der Waals surface area contributed by atoms with Crippen molar-refractivity contribution in [3.8, 4) is 0 Å². The van der Waals surface area contributed by atoms with Crippen LogP contribution in [0, 0.1) is 6.92 Å². The lowest BCUT2D eigenvalue weighted by Crippen LogP contribution is -2.13. The number of aryl methyl sites for hydroxylation is 1. The molecule has 0 spiro atoms. The van der Waals surface area contributed by atoms with Crippen molar-refractivity contribution in [1.82, 2.24) is 15.1 Å². The van der Waals surface area contributed by atoms with Crippen molar-refractivity contribution in [1.29, 1.82) is 0 Å². The standard InChI is InChI=1S/C20H19N5O2/c1-13-8-19(25-27-13)24-20(26)15-9-16(12-21-10-15)22-7-6-14-11-23-18-5-3-2-4-17(14)18/h2-5,8-12,22-23H,6-7H2,1H3,(H,24,25,26). The molecule has 7 nitrogen and oxygen atoms in total. The van der Waals surface area contributed by atoms with Gasteiger partial charge in [0, 0.05) is 42.1 Å². The van der Waals surface area contributed by atoms with Crippen LogP contribution in [0.2, 0.25) is 0 Å². The zero-order valence-corrected chi connectivity index (χ0v) is 14.8. The van der Waals surface area contributed by atoms with E-state index in [1.54, 1.807) is 25.3 Å². The molecule has 1 aromatic carbocycles. The molecule has 136 valence electrons. The van der Waals surface area contributed by atoms with Gasteiger partial charge in [0.15, 0.2) is 5.82 Å². The van der Waals surface area contributed by atoms with E-state index >= 15 is 0 Å². The number of anilines is 2. The summed E-state index contributed by atoms with van der Waals surface area (Å²) >= 11 is 0. The maximum atomic E-state index is 12.3. The van der Waals surface area contributed by atoms with Crippen molar-refractivity contribution in [2.75, 3.05) is 17.2 Å². The van der Waals surface area contributed by atoms with E-state index in [9.17, 15) is 4.79 Å². The van der Waals surface area contributed by atoms with Crippen molar-refractivity contribution >= 4 is 28.3 Å². The molecule has 0 aliphatic rings. The second-order valence-electron chi connectivity index (χ2n) is 6.28. The van der Waals surface area contributed by atoms with Gasteiger partial charge in [-0.3, -0.25) is 9.78 Å². The van der Waals surface area contributed by atoms with Crippen molar-refractivity contribution < 1.29 is 9.32 Å². The van der Waals surface area contributed by atoms with Gasteiger partial charge in [-0.2, -0.15) is 0 Å². The molecular weight excluding hydrogens is 342 g/mol. The Kier molecular flexibility index (Phi) is 4.57. The van der Waals surface area contributed by atoms with E-state index in [2.05, 4.69) is 37.9 Å². The van der Waals surface area contributed by atoms with E-state index in [1.165, 1.54) is 17.1 Å². The van der Waals surface area contributed by atoms with Crippen LogP contribution >= 0.6 is 0 Å². The first-order valence-corrected chi connectivity index (χ1v) is 8.67. The lowest BCUT2D eigenvalue weighted by atomic mass is 10.1. The summed E-state index contributed by atoms with van der Waals surface area (Å²) in [7, 11) is 0. The van der Waals surface area contributed by atoms with Gasteiger partial charge in [0.25, 0.3) is 5.91 Å². The highest BCUT2D eigenvalue weighted by Gasteiger charge is 2.10. The normalized spacial score (nSPS) is 10.9. The first-order chi connectivity index (χ1) is 13.2. The molecule has 0 aliphatic heterocycles. The highest BCUT2D eigenvalue weighted by Crippen LogP contribution is 2.18. The fourth-order valence-electron chi connectivity index (χ4n) is 2.95. The van der Waals surface area contributed by atoms with Gasteiger partial charge in [0.05, 0.1) is 11.3 Å². The number of H-pyrrole nitrogens is 1. The highest BCUT2D eigenvalue weighted by atomic mass is 16.5. The number of aromatic amines is 1. The largest absolute Gasteiger partial charge is 0.383 e. The van der Waals surface area contributed by atoms with E-state index in [0.29, 0.717) is 17.1 Å². The Morgan fingerprint density at radius 2 is 2.11 bits per heavy atom. The van der Waals surface area contributed by atoms with Crippen LogP contribution in [0.4, 0.5) is 11.5 Å². The molecule has 0 saturated carbocycles. The number of hydrogen-bond donors (Lipinski definition) is 3. The monoisotopic (exact) mass is 361 g/mol. The molecule has 1 amide bonds. The number of pyridine rings is 1. The Hall–Kier alpha value is -3.61. The highest BCUT2D eigenvalue weighted by molar-refractivity contribution is 6.04. The van der Waals surface area contributed by atoms with Gasteiger partial charge < -0.3 is 20.1 Å². The second-order valence-corrected chi connectivity index (χ2v) is 6.28. The molecule has 0 atom stereocenters. The number of carbonyl (C=O) groups is 1. The van der Waals surface area contributed by atoms with Crippen molar-refractivity contribution in [2.24, 2.45) is 0 Å². The predicted molar refractivity (Wildman–Crippen MR) is 104 cm³/mol. The van der Waals surface area contributed by atoms with Crippen LogP contribution in [-0.4, -0.2) is 27.6 Å². The Morgan fingerprint density at radius 1 is 1.22 bits per heavy atom. The average Bonchev–Trinajstić information content (AvgIpc) is 3.28. The summed E-state index contributed by atoms with van der Waals surface area (Å²) in [6, 6.07) is 11.7. The third-order valence-corrected chi connectivity index (χ3v) is 4.27. The first-order valence-electron chi connectivity index (χ1n) is 8.67. The minimum absolute atomic E-state index is 0.281. The zero-order valence-electron chi connectivity index (χ0n) is 14.8. The number of nitrogens with zero attached hydrogens (tertiary/aromatic N) is 2. The zero-order chi connectivity index (χ0) is 18.6. The van der Waals surface area contributed by atoms with E-state index in [-0.39, 0.29) is 5.91 Å². The molecule has 4 aromatic rings. The minimum Gasteiger partial charge on any atom is -0.383 e. The number of fused-ring (bicyclic) bond motifs is 1. The summed E-state index contributed by atoms with van der Waals surface area (Å²) < 4.78 is 4.95. The number of aromatic nitrogens is 3. The molecule has 4 rings (SSSR count). The number of carbonyl (C=O) groups excluding carboxylic acids is 1. The molecule has 0 bridgehead atoms. The van der Waals surface area contributed by atoms with Gasteiger partial charge in [0.1, 0.15) is 5.76 Å². The van der Waals surface area contributed by atoms with Crippen LogP contribution in [0.3, 0.4) is 0 Å². The van der Waals surface area contributed by atoms with Crippen LogP contribution in [0.25, 0.3) is 10.9 Å². The van der Waals surface area contributed by atoms with Crippen LogP contribution in [0.5, 0.6) is 0 Å². The Morgan fingerprint density at radius 3 is 2.96 bits per heavy atom. The van der Waals surface area contributed by atoms with E-state index in [1.807, 2.05) is 18.3 Å². The summed E-state index contributed by atoms with van der Waals surface area (Å²) in [5.74, 6) is 0.738. The topological polar surface area (TPSA) is 95.8 Å². The summed E-state index contributed by atoms with van der Waals surface area (Å²) in [4.78, 5) is 19.7. The second kappa shape index (κ2) is 7.33. The van der Waals surface area contributed by atoms with Crippen LogP contribution < -0.4 is 10.6 Å². The van der Waals surface area contributed by atoms with E-state index in [0.717, 1.165) is 24.2 Å². The molecule has 3 aromatic heterocycles. The number of nitrogens with one attached hydrogen (secondary N) is 3.